The van der Waals surface area contributed by atoms with E-state index in [1.165, 1.54) is 0 Å². The standard InChI is InChI=1S/C26H28N4O2/c1-18(2)17-30-25-21(13-9-15-27-25)24(29-30)22(16-19-10-5-4-6-11-19)28-26(31)20-12-7-8-14-23(20)32-3/h4-15,18,22H,16-17H2,1-3H3,(H,28,31). The molecule has 0 saturated heterocycles. The second kappa shape index (κ2) is 9.64. The van der Waals surface area contributed by atoms with Crippen molar-refractivity contribution >= 4 is 16.9 Å². The van der Waals surface area contributed by atoms with E-state index in [-0.39, 0.29) is 11.9 Å². The minimum absolute atomic E-state index is 0.196. The Morgan fingerprint density at radius 1 is 1.03 bits per heavy atom. The van der Waals surface area contributed by atoms with E-state index in [2.05, 4.69) is 36.3 Å². The monoisotopic (exact) mass is 428 g/mol. The molecule has 0 aliphatic heterocycles. The van der Waals surface area contributed by atoms with Crippen molar-refractivity contribution in [2.24, 2.45) is 5.92 Å². The lowest BCUT2D eigenvalue weighted by atomic mass is 10.0. The third-order valence-electron chi connectivity index (χ3n) is 5.34. The molecule has 2 aromatic carbocycles. The van der Waals surface area contributed by atoms with Crippen LogP contribution in [0.4, 0.5) is 0 Å². The van der Waals surface area contributed by atoms with E-state index in [0.717, 1.165) is 28.8 Å². The fraction of sp³-hybridized carbons (Fsp3) is 0.269. The zero-order valence-corrected chi connectivity index (χ0v) is 18.7. The first-order chi connectivity index (χ1) is 15.6. The summed E-state index contributed by atoms with van der Waals surface area (Å²) in [6.45, 7) is 5.06. The lowest BCUT2D eigenvalue weighted by Crippen LogP contribution is -2.31. The molecule has 2 heterocycles. The highest BCUT2D eigenvalue weighted by molar-refractivity contribution is 5.97. The van der Waals surface area contributed by atoms with Crippen LogP contribution in [-0.2, 0) is 13.0 Å². The smallest absolute Gasteiger partial charge is 0.255 e. The zero-order valence-electron chi connectivity index (χ0n) is 18.7. The number of methoxy groups -OCH3 is 1. The maximum atomic E-state index is 13.3. The summed E-state index contributed by atoms with van der Waals surface area (Å²) in [6.07, 6.45) is 2.40. The molecule has 0 saturated carbocycles. The van der Waals surface area contributed by atoms with Gasteiger partial charge < -0.3 is 10.1 Å². The van der Waals surface area contributed by atoms with Gasteiger partial charge in [0.05, 0.1) is 24.4 Å². The number of ether oxygens (including phenoxy) is 1. The number of fused-ring (bicyclic) bond motifs is 1. The van der Waals surface area contributed by atoms with E-state index in [9.17, 15) is 4.79 Å². The Morgan fingerprint density at radius 2 is 1.78 bits per heavy atom. The number of rotatable bonds is 8. The van der Waals surface area contributed by atoms with Crippen LogP contribution in [0, 0.1) is 5.92 Å². The van der Waals surface area contributed by atoms with Gasteiger partial charge in [0.25, 0.3) is 5.91 Å². The highest BCUT2D eigenvalue weighted by Crippen LogP contribution is 2.27. The van der Waals surface area contributed by atoms with E-state index in [1.54, 1.807) is 25.4 Å². The number of hydrogen-bond donors (Lipinski definition) is 1. The van der Waals surface area contributed by atoms with Crippen LogP contribution in [0.5, 0.6) is 5.75 Å². The second-order valence-corrected chi connectivity index (χ2v) is 8.25. The number of carbonyl (C=O) groups excluding carboxylic acids is 1. The molecule has 1 N–H and O–H groups in total. The molecule has 164 valence electrons. The van der Waals surface area contributed by atoms with E-state index < -0.39 is 0 Å². The van der Waals surface area contributed by atoms with Crippen molar-refractivity contribution < 1.29 is 9.53 Å². The van der Waals surface area contributed by atoms with E-state index in [0.29, 0.717) is 23.7 Å². The van der Waals surface area contributed by atoms with E-state index in [4.69, 9.17) is 9.84 Å². The number of benzene rings is 2. The van der Waals surface area contributed by atoms with Crippen LogP contribution in [0.25, 0.3) is 11.0 Å². The quantitative estimate of drug-likeness (QED) is 0.437. The molecule has 6 nitrogen and oxygen atoms in total. The molecule has 4 rings (SSSR count). The van der Waals surface area contributed by atoms with Gasteiger partial charge in [0, 0.05) is 18.1 Å². The average Bonchev–Trinajstić information content (AvgIpc) is 3.17. The SMILES string of the molecule is COc1ccccc1C(=O)NC(Cc1ccccc1)c1nn(CC(C)C)c2ncccc12. The molecule has 0 fully saturated rings. The summed E-state index contributed by atoms with van der Waals surface area (Å²) >= 11 is 0. The molecule has 0 radical (unpaired) electrons. The largest absolute Gasteiger partial charge is 0.496 e. The molecule has 0 aliphatic carbocycles. The van der Waals surface area contributed by atoms with Gasteiger partial charge in [0.2, 0.25) is 0 Å². The van der Waals surface area contributed by atoms with Gasteiger partial charge in [-0.05, 0) is 42.2 Å². The van der Waals surface area contributed by atoms with Gasteiger partial charge in [0.1, 0.15) is 5.75 Å². The summed E-state index contributed by atoms with van der Waals surface area (Å²) in [5.41, 5.74) is 3.27. The number of aromatic nitrogens is 3. The van der Waals surface area contributed by atoms with E-state index in [1.807, 2.05) is 47.1 Å². The second-order valence-electron chi connectivity index (χ2n) is 8.25. The van der Waals surface area contributed by atoms with Crippen LogP contribution in [0.2, 0.25) is 0 Å². The van der Waals surface area contributed by atoms with Crippen LogP contribution in [-0.4, -0.2) is 27.8 Å². The van der Waals surface area contributed by atoms with Gasteiger partial charge >= 0.3 is 0 Å². The van der Waals surface area contributed by atoms with Crippen molar-refractivity contribution in [1.82, 2.24) is 20.1 Å². The first-order valence-electron chi connectivity index (χ1n) is 10.9. The Morgan fingerprint density at radius 3 is 2.53 bits per heavy atom. The lowest BCUT2D eigenvalue weighted by molar-refractivity contribution is 0.0932. The van der Waals surface area contributed by atoms with Gasteiger partial charge in [-0.25, -0.2) is 9.67 Å². The Bertz CT molecular complexity index is 1200. The maximum absolute atomic E-state index is 13.3. The van der Waals surface area contributed by atoms with Crippen molar-refractivity contribution in [3.05, 3.63) is 89.7 Å². The lowest BCUT2D eigenvalue weighted by Gasteiger charge is -2.19. The van der Waals surface area contributed by atoms with Gasteiger partial charge in [-0.15, -0.1) is 0 Å². The van der Waals surface area contributed by atoms with Crippen LogP contribution in [0.1, 0.15) is 41.5 Å². The normalized spacial score (nSPS) is 12.1. The average molecular weight is 429 g/mol. The van der Waals surface area contributed by atoms with E-state index >= 15 is 0 Å². The molecule has 0 spiro atoms. The predicted molar refractivity (Wildman–Crippen MR) is 126 cm³/mol. The Balaban J connectivity index is 1.76. The molecule has 32 heavy (non-hydrogen) atoms. The minimum atomic E-state index is -0.324. The molecule has 6 heteroatoms. The van der Waals surface area contributed by atoms with Crippen molar-refractivity contribution in [3.8, 4) is 5.75 Å². The Labute approximate surface area is 188 Å². The Kier molecular flexibility index (Phi) is 6.50. The van der Waals surface area contributed by atoms with Crippen LogP contribution in [0.15, 0.2) is 72.9 Å². The summed E-state index contributed by atoms with van der Waals surface area (Å²) in [7, 11) is 1.57. The van der Waals surface area contributed by atoms with Gasteiger partial charge in [-0.1, -0.05) is 56.3 Å². The summed E-state index contributed by atoms with van der Waals surface area (Å²) in [5.74, 6) is 0.767. The highest BCUT2D eigenvalue weighted by atomic mass is 16.5. The highest BCUT2D eigenvalue weighted by Gasteiger charge is 2.24. The molecule has 0 bridgehead atoms. The number of amides is 1. The van der Waals surface area contributed by atoms with Crippen molar-refractivity contribution in [2.45, 2.75) is 32.9 Å². The third kappa shape index (κ3) is 4.64. The molecule has 1 amide bonds. The molecule has 4 aromatic rings. The number of pyridine rings is 1. The van der Waals surface area contributed by atoms with Gasteiger partial charge in [-0.3, -0.25) is 4.79 Å². The topological polar surface area (TPSA) is 69.0 Å². The maximum Gasteiger partial charge on any atom is 0.255 e. The number of nitrogens with zero attached hydrogens (tertiary/aromatic N) is 3. The minimum Gasteiger partial charge on any atom is -0.496 e. The summed E-state index contributed by atoms with van der Waals surface area (Å²) in [4.78, 5) is 17.9. The molecule has 0 aliphatic rings. The number of carbonyl (C=O) groups is 1. The fourth-order valence-corrected chi connectivity index (χ4v) is 3.90. The predicted octanol–water partition coefficient (Wildman–Crippen LogP) is 4.81. The molecule has 1 unspecified atom stereocenters. The first-order valence-corrected chi connectivity index (χ1v) is 10.9. The van der Waals surface area contributed by atoms with Crippen LogP contribution >= 0.6 is 0 Å². The third-order valence-corrected chi connectivity index (χ3v) is 5.34. The molecular weight excluding hydrogens is 400 g/mol. The van der Waals surface area contributed by atoms with Crippen molar-refractivity contribution in [2.75, 3.05) is 7.11 Å². The molecular formula is C26H28N4O2. The van der Waals surface area contributed by atoms with Gasteiger partial charge in [-0.2, -0.15) is 5.10 Å². The van der Waals surface area contributed by atoms with Crippen molar-refractivity contribution in [3.63, 3.8) is 0 Å². The van der Waals surface area contributed by atoms with Gasteiger partial charge in [0.15, 0.2) is 5.65 Å². The number of hydrogen-bond acceptors (Lipinski definition) is 4. The molecule has 2 aromatic heterocycles. The molecule has 1 atom stereocenters. The van der Waals surface area contributed by atoms with Crippen LogP contribution < -0.4 is 10.1 Å². The number of para-hydroxylation sites is 1. The number of nitrogens with one attached hydrogen (secondary N) is 1. The fourth-order valence-electron chi connectivity index (χ4n) is 3.90. The summed E-state index contributed by atoms with van der Waals surface area (Å²) in [6, 6.07) is 21.0. The first kappa shape index (κ1) is 21.6. The zero-order chi connectivity index (χ0) is 22.5. The van der Waals surface area contributed by atoms with Crippen molar-refractivity contribution in [1.29, 1.82) is 0 Å². The van der Waals surface area contributed by atoms with Crippen LogP contribution in [0.3, 0.4) is 0 Å². The summed E-state index contributed by atoms with van der Waals surface area (Å²) < 4.78 is 7.35. The Hall–Kier alpha value is -3.67. The summed E-state index contributed by atoms with van der Waals surface area (Å²) in [5, 5.41) is 9.09.